The van der Waals surface area contributed by atoms with Crippen molar-refractivity contribution < 1.29 is 9.50 Å². The Labute approximate surface area is 204 Å². The maximum absolute atomic E-state index is 13.9. The van der Waals surface area contributed by atoms with Crippen LogP contribution >= 0.6 is 0 Å². The van der Waals surface area contributed by atoms with Gasteiger partial charge in [-0.1, -0.05) is 0 Å². The zero-order chi connectivity index (χ0) is 24.8. The number of benzene rings is 1. The van der Waals surface area contributed by atoms with Crippen LogP contribution in [0.15, 0.2) is 61.2 Å². The van der Waals surface area contributed by atoms with Crippen molar-refractivity contribution in [2.24, 2.45) is 0 Å². The molecule has 36 heavy (non-hydrogen) atoms. The number of rotatable bonds is 5. The number of nitrogens with one attached hydrogen (secondary N) is 2. The SMILES string of the molecule is CN(C)Cc1cncc(-c2cnc3[nH]nc(-c4nc5c(-c6cc(O)cc(F)c6)ccnc5[nH]4)c3c2)c1. The number of nitrogens with zero attached hydrogens (tertiary/aromatic N) is 6. The van der Waals surface area contributed by atoms with Gasteiger partial charge < -0.3 is 15.0 Å². The van der Waals surface area contributed by atoms with Crippen molar-refractivity contribution in [1.29, 1.82) is 0 Å². The van der Waals surface area contributed by atoms with Crippen molar-refractivity contribution in [3.8, 4) is 39.5 Å². The Kier molecular flexibility index (Phi) is 5.15. The molecule has 0 saturated carbocycles. The van der Waals surface area contributed by atoms with Crippen molar-refractivity contribution in [2.75, 3.05) is 14.1 Å². The molecule has 0 aliphatic rings. The number of hydrogen-bond donors (Lipinski definition) is 3. The summed E-state index contributed by atoms with van der Waals surface area (Å²) in [6, 6.07) is 9.73. The van der Waals surface area contributed by atoms with Crippen LogP contribution in [0.25, 0.3) is 56.0 Å². The quantitative estimate of drug-likeness (QED) is 0.332. The number of fused-ring (bicyclic) bond motifs is 2. The normalized spacial score (nSPS) is 11.7. The first-order valence-electron chi connectivity index (χ1n) is 11.2. The van der Waals surface area contributed by atoms with E-state index in [1.54, 1.807) is 18.5 Å². The smallest absolute Gasteiger partial charge is 0.161 e. The fourth-order valence-corrected chi connectivity index (χ4v) is 4.32. The molecule has 5 aromatic heterocycles. The molecule has 3 N–H and O–H groups in total. The molecule has 0 atom stereocenters. The van der Waals surface area contributed by atoms with E-state index >= 15 is 0 Å². The maximum Gasteiger partial charge on any atom is 0.161 e. The fourth-order valence-electron chi connectivity index (χ4n) is 4.32. The highest BCUT2D eigenvalue weighted by Gasteiger charge is 2.17. The van der Waals surface area contributed by atoms with Gasteiger partial charge in [-0.15, -0.1) is 0 Å². The van der Waals surface area contributed by atoms with Crippen LogP contribution < -0.4 is 0 Å². The lowest BCUT2D eigenvalue weighted by Crippen LogP contribution is -2.10. The zero-order valence-electron chi connectivity index (χ0n) is 19.5. The van der Waals surface area contributed by atoms with Crippen molar-refractivity contribution in [3.05, 3.63) is 72.6 Å². The fraction of sp³-hybridized carbons (Fsp3) is 0.115. The summed E-state index contributed by atoms with van der Waals surface area (Å²) in [7, 11) is 4.03. The second-order valence-corrected chi connectivity index (χ2v) is 8.85. The standard InChI is InChI=1S/C26H21FN8O/c1-35(2)13-14-5-16(11-28-10-14)17-8-21-23(33-34-24(21)30-12-17)26-31-22-20(3-4-29-25(22)32-26)15-6-18(27)9-19(36)7-15/h3-12,36H,13H2,1-2H3,(H,29,31,32)(H,30,33,34). The van der Waals surface area contributed by atoms with Crippen LogP contribution in [-0.2, 0) is 6.54 Å². The summed E-state index contributed by atoms with van der Waals surface area (Å²) in [4.78, 5) is 23.4. The lowest BCUT2D eigenvalue weighted by Gasteiger charge is -2.10. The molecule has 5 heterocycles. The third-order valence-corrected chi connectivity index (χ3v) is 5.85. The van der Waals surface area contributed by atoms with Gasteiger partial charge in [0.05, 0.1) is 5.39 Å². The molecule has 0 fully saturated rings. The summed E-state index contributed by atoms with van der Waals surface area (Å²) in [5.74, 6) is -0.200. The van der Waals surface area contributed by atoms with Gasteiger partial charge in [-0.2, -0.15) is 5.10 Å². The zero-order valence-corrected chi connectivity index (χ0v) is 19.5. The van der Waals surface area contributed by atoms with E-state index in [0.717, 1.165) is 34.7 Å². The highest BCUT2D eigenvalue weighted by atomic mass is 19.1. The first-order chi connectivity index (χ1) is 17.4. The first kappa shape index (κ1) is 21.8. The summed E-state index contributed by atoms with van der Waals surface area (Å²) in [5, 5.41) is 18.1. The number of halogens is 1. The molecule has 10 heteroatoms. The molecule has 0 spiro atoms. The summed E-state index contributed by atoms with van der Waals surface area (Å²) in [5.41, 5.74) is 6.37. The largest absolute Gasteiger partial charge is 0.508 e. The Morgan fingerprint density at radius 2 is 1.81 bits per heavy atom. The van der Waals surface area contributed by atoms with Crippen LogP contribution in [0.2, 0.25) is 0 Å². The van der Waals surface area contributed by atoms with Crippen LogP contribution in [-0.4, -0.2) is 59.2 Å². The van der Waals surface area contributed by atoms with E-state index < -0.39 is 5.82 Å². The minimum Gasteiger partial charge on any atom is -0.508 e. The predicted octanol–water partition coefficient (Wildman–Crippen LogP) is 4.53. The number of aromatic hydroxyl groups is 1. The predicted molar refractivity (Wildman–Crippen MR) is 134 cm³/mol. The van der Waals surface area contributed by atoms with Crippen LogP contribution in [0.3, 0.4) is 0 Å². The molecule has 0 aliphatic heterocycles. The summed E-state index contributed by atoms with van der Waals surface area (Å²) >= 11 is 0. The minimum absolute atomic E-state index is 0.160. The summed E-state index contributed by atoms with van der Waals surface area (Å²) in [6.45, 7) is 0.783. The topological polar surface area (TPSA) is 120 Å². The second kappa shape index (κ2) is 8.51. The lowest BCUT2D eigenvalue weighted by atomic mass is 10.1. The Morgan fingerprint density at radius 1 is 0.944 bits per heavy atom. The first-order valence-corrected chi connectivity index (χ1v) is 11.2. The van der Waals surface area contributed by atoms with Gasteiger partial charge in [-0.05, 0) is 55.6 Å². The van der Waals surface area contributed by atoms with E-state index in [1.807, 2.05) is 32.6 Å². The van der Waals surface area contributed by atoms with E-state index in [0.29, 0.717) is 39.5 Å². The van der Waals surface area contributed by atoms with Crippen LogP contribution in [0.4, 0.5) is 4.39 Å². The Bertz CT molecular complexity index is 1720. The summed E-state index contributed by atoms with van der Waals surface area (Å²) < 4.78 is 13.9. The van der Waals surface area contributed by atoms with Crippen molar-refractivity contribution in [2.45, 2.75) is 6.54 Å². The number of aromatic amines is 2. The van der Waals surface area contributed by atoms with Gasteiger partial charge >= 0.3 is 0 Å². The second-order valence-electron chi connectivity index (χ2n) is 8.85. The van der Waals surface area contributed by atoms with Crippen LogP contribution in [0, 0.1) is 5.82 Å². The monoisotopic (exact) mass is 480 g/mol. The van der Waals surface area contributed by atoms with E-state index in [2.05, 4.69) is 41.1 Å². The molecule has 0 aliphatic carbocycles. The maximum atomic E-state index is 13.9. The molecular formula is C26H21FN8O. The Balaban J connectivity index is 1.45. The molecule has 9 nitrogen and oxygen atoms in total. The number of phenols is 1. The van der Waals surface area contributed by atoms with Crippen molar-refractivity contribution >= 4 is 22.2 Å². The Morgan fingerprint density at radius 3 is 2.64 bits per heavy atom. The van der Waals surface area contributed by atoms with Gasteiger partial charge in [0.2, 0.25) is 0 Å². The number of imidazole rings is 1. The number of H-pyrrole nitrogens is 2. The van der Waals surface area contributed by atoms with Crippen LogP contribution in [0.5, 0.6) is 5.75 Å². The van der Waals surface area contributed by atoms with Crippen molar-refractivity contribution in [1.82, 2.24) is 40.0 Å². The number of pyridine rings is 3. The minimum atomic E-state index is -0.535. The molecule has 6 rings (SSSR count). The highest BCUT2D eigenvalue weighted by Crippen LogP contribution is 2.33. The van der Waals surface area contributed by atoms with E-state index in [4.69, 9.17) is 4.98 Å². The summed E-state index contributed by atoms with van der Waals surface area (Å²) in [6.07, 6.45) is 7.07. The Hall–Kier alpha value is -4.70. The molecule has 0 amide bonds. The van der Waals surface area contributed by atoms with Gasteiger partial charge in [0.25, 0.3) is 0 Å². The third-order valence-electron chi connectivity index (χ3n) is 5.85. The van der Waals surface area contributed by atoms with Gasteiger partial charge in [-0.25, -0.2) is 19.3 Å². The third kappa shape index (κ3) is 3.93. The average molecular weight is 481 g/mol. The van der Waals surface area contributed by atoms with Gasteiger partial charge in [0, 0.05) is 54.1 Å². The van der Waals surface area contributed by atoms with E-state index in [1.165, 1.54) is 12.1 Å². The van der Waals surface area contributed by atoms with Gasteiger partial charge in [0.15, 0.2) is 17.1 Å². The number of phenolic OH excluding ortho intramolecular Hbond substituents is 1. The molecule has 6 aromatic rings. The van der Waals surface area contributed by atoms with Crippen LogP contribution in [0.1, 0.15) is 5.56 Å². The number of aromatic nitrogens is 7. The molecule has 0 saturated heterocycles. The van der Waals surface area contributed by atoms with Gasteiger partial charge in [0.1, 0.15) is 22.8 Å². The van der Waals surface area contributed by atoms with E-state index in [-0.39, 0.29) is 5.75 Å². The average Bonchev–Trinajstić information content (AvgIpc) is 3.46. The molecule has 178 valence electrons. The molecule has 0 bridgehead atoms. The van der Waals surface area contributed by atoms with Crippen molar-refractivity contribution in [3.63, 3.8) is 0 Å². The molecular weight excluding hydrogens is 459 g/mol. The number of hydrogen-bond acceptors (Lipinski definition) is 7. The molecule has 0 radical (unpaired) electrons. The molecule has 0 unspecified atom stereocenters. The van der Waals surface area contributed by atoms with Gasteiger partial charge in [-0.3, -0.25) is 10.1 Å². The lowest BCUT2D eigenvalue weighted by molar-refractivity contribution is 0.402. The molecule has 1 aromatic carbocycles. The highest BCUT2D eigenvalue weighted by molar-refractivity contribution is 5.96. The van der Waals surface area contributed by atoms with E-state index in [9.17, 15) is 9.50 Å².